The van der Waals surface area contributed by atoms with E-state index in [1.54, 1.807) is 12.1 Å². The number of furan rings is 1. The number of aryl methyl sites for hydroxylation is 1. The van der Waals surface area contributed by atoms with Crippen molar-refractivity contribution in [2.75, 3.05) is 33.1 Å². The average Bonchev–Trinajstić information content (AvgIpc) is 3.24. The minimum absolute atomic E-state index is 0.0538. The molecule has 1 saturated heterocycles. The summed E-state index contributed by atoms with van der Waals surface area (Å²) >= 11 is 0. The fourth-order valence-corrected chi connectivity index (χ4v) is 4.14. The Morgan fingerprint density at radius 1 is 1.15 bits per heavy atom. The van der Waals surface area contributed by atoms with Gasteiger partial charge in [0.15, 0.2) is 0 Å². The molecule has 2 heterocycles. The van der Waals surface area contributed by atoms with Gasteiger partial charge in [-0.05, 0) is 31.2 Å². The number of carbonyl (C=O) groups is 1. The topological polar surface area (TPSA) is 88.8 Å². The molecule has 0 bridgehead atoms. The van der Waals surface area contributed by atoms with Gasteiger partial charge in [-0.15, -0.1) is 0 Å². The first-order valence-electron chi connectivity index (χ1n) is 8.72. The fraction of sp³-hybridized carbons (Fsp3) is 0.421. The van der Waals surface area contributed by atoms with Gasteiger partial charge < -0.3 is 14.5 Å². The Kier molecular flexibility index (Phi) is 5.69. The Morgan fingerprint density at radius 2 is 1.85 bits per heavy atom. The summed E-state index contributed by atoms with van der Waals surface area (Å²) in [5, 5.41) is 2.90. The quantitative estimate of drug-likeness (QED) is 0.811. The smallest absolute Gasteiger partial charge is 0.251 e. The zero-order valence-electron chi connectivity index (χ0n) is 15.6. The standard InChI is InChI=1S/C19H24N2O5S/c1-13-4-9-18(26-13)14-5-7-15(8-6-14)19(22)20-17-11-25-10-16(17)12-27(23,24)21(2)3/h4-9,16-17H,10-12H2,1-3H3,(H,20,22)/t16-,17-/m0/s1. The van der Waals surface area contributed by atoms with E-state index in [-0.39, 0.29) is 23.6 Å². The molecule has 1 aromatic carbocycles. The molecular formula is C19H24N2O5S. The van der Waals surface area contributed by atoms with Crippen LogP contribution >= 0.6 is 0 Å². The van der Waals surface area contributed by atoms with E-state index in [4.69, 9.17) is 9.15 Å². The highest BCUT2D eigenvalue weighted by atomic mass is 32.2. The van der Waals surface area contributed by atoms with Crippen LogP contribution in [0.25, 0.3) is 11.3 Å². The monoisotopic (exact) mass is 392 g/mol. The van der Waals surface area contributed by atoms with Gasteiger partial charge >= 0.3 is 0 Å². The molecular weight excluding hydrogens is 368 g/mol. The lowest BCUT2D eigenvalue weighted by Gasteiger charge is -2.21. The summed E-state index contributed by atoms with van der Waals surface area (Å²) in [4.78, 5) is 12.5. The molecule has 0 radical (unpaired) electrons. The summed E-state index contributed by atoms with van der Waals surface area (Å²) in [7, 11) is -0.356. The van der Waals surface area contributed by atoms with Crippen LogP contribution in [0.1, 0.15) is 16.1 Å². The van der Waals surface area contributed by atoms with Crippen LogP contribution in [0.5, 0.6) is 0 Å². The summed E-state index contributed by atoms with van der Waals surface area (Å²) < 4.78 is 36.4. The second kappa shape index (κ2) is 7.84. The maximum absolute atomic E-state index is 12.5. The SMILES string of the molecule is Cc1ccc(-c2ccc(C(=O)N[C@H]3COC[C@H]3CS(=O)(=O)N(C)C)cc2)o1. The summed E-state index contributed by atoms with van der Waals surface area (Å²) in [6, 6.07) is 10.5. The van der Waals surface area contributed by atoms with Crippen molar-refractivity contribution in [3.8, 4) is 11.3 Å². The van der Waals surface area contributed by atoms with E-state index in [1.807, 2.05) is 31.2 Å². The molecule has 0 unspecified atom stereocenters. The van der Waals surface area contributed by atoms with Gasteiger partial charge in [-0.25, -0.2) is 12.7 Å². The van der Waals surface area contributed by atoms with Gasteiger partial charge in [0.2, 0.25) is 10.0 Å². The first-order chi connectivity index (χ1) is 12.8. The maximum Gasteiger partial charge on any atom is 0.251 e. The van der Waals surface area contributed by atoms with E-state index in [0.29, 0.717) is 18.8 Å². The minimum Gasteiger partial charge on any atom is -0.461 e. The van der Waals surface area contributed by atoms with Crippen LogP contribution in [-0.4, -0.2) is 57.7 Å². The second-order valence-corrected chi connectivity index (χ2v) is 9.15. The number of hydrogen-bond donors (Lipinski definition) is 1. The van der Waals surface area contributed by atoms with Crippen LogP contribution in [0.15, 0.2) is 40.8 Å². The third-order valence-electron chi connectivity index (χ3n) is 4.67. The summed E-state index contributed by atoms with van der Waals surface area (Å²) in [6.07, 6.45) is 0. The number of nitrogens with one attached hydrogen (secondary N) is 1. The largest absolute Gasteiger partial charge is 0.461 e. The number of sulfonamides is 1. The Hall–Kier alpha value is -2.16. The molecule has 2 aromatic rings. The van der Waals surface area contributed by atoms with Crippen molar-refractivity contribution in [1.82, 2.24) is 9.62 Å². The predicted molar refractivity (Wildman–Crippen MR) is 102 cm³/mol. The Morgan fingerprint density at radius 3 is 2.44 bits per heavy atom. The van der Waals surface area contributed by atoms with Gasteiger partial charge in [0, 0.05) is 31.1 Å². The molecule has 1 aliphatic heterocycles. The molecule has 3 rings (SSSR count). The Balaban J connectivity index is 1.66. The molecule has 1 aromatic heterocycles. The van der Waals surface area contributed by atoms with Crippen molar-refractivity contribution in [3.63, 3.8) is 0 Å². The van der Waals surface area contributed by atoms with Gasteiger partial charge in [0.1, 0.15) is 11.5 Å². The van der Waals surface area contributed by atoms with E-state index in [2.05, 4.69) is 5.32 Å². The zero-order valence-corrected chi connectivity index (χ0v) is 16.5. The molecule has 0 saturated carbocycles. The molecule has 7 nitrogen and oxygen atoms in total. The molecule has 1 N–H and O–H groups in total. The lowest BCUT2D eigenvalue weighted by Crippen LogP contribution is -2.43. The maximum atomic E-state index is 12.5. The number of carbonyl (C=O) groups excluding carboxylic acids is 1. The molecule has 1 aliphatic rings. The summed E-state index contributed by atoms with van der Waals surface area (Å²) in [6.45, 7) is 2.50. The zero-order chi connectivity index (χ0) is 19.6. The van der Waals surface area contributed by atoms with E-state index in [0.717, 1.165) is 17.1 Å². The van der Waals surface area contributed by atoms with Crippen molar-refractivity contribution in [3.05, 3.63) is 47.7 Å². The van der Waals surface area contributed by atoms with E-state index >= 15 is 0 Å². The fourth-order valence-electron chi connectivity index (χ4n) is 2.97. The van der Waals surface area contributed by atoms with E-state index in [1.165, 1.54) is 18.4 Å². The molecule has 0 aliphatic carbocycles. The van der Waals surface area contributed by atoms with Crippen molar-refractivity contribution in [2.45, 2.75) is 13.0 Å². The number of nitrogens with zero attached hydrogens (tertiary/aromatic N) is 1. The third kappa shape index (κ3) is 4.58. The van der Waals surface area contributed by atoms with Gasteiger partial charge in [-0.3, -0.25) is 4.79 Å². The lowest BCUT2D eigenvalue weighted by molar-refractivity contribution is 0.0926. The van der Waals surface area contributed by atoms with Crippen molar-refractivity contribution >= 4 is 15.9 Å². The molecule has 146 valence electrons. The molecule has 1 fully saturated rings. The average molecular weight is 392 g/mol. The van der Waals surface area contributed by atoms with Crippen molar-refractivity contribution in [2.24, 2.45) is 5.92 Å². The Bertz CT molecular complexity index is 902. The molecule has 27 heavy (non-hydrogen) atoms. The minimum atomic E-state index is -3.36. The normalized spacial score (nSPS) is 20.1. The number of rotatable bonds is 6. The highest BCUT2D eigenvalue weighted by Gasteiger charge is 2.34. The van der Waals surface area contributed by atoms with Crippen molar-refractivity contribution in [1.29, 1.82) is 0 Å². The van der Waals surface area contributed by atoms with Crippen molar-refractivity contribution < 1.29 is 22.4 Å². The van der Waals surface area contributed by atoms with E-state index in [9.17, 15) is 13.2 Å². The van der Waals surface area contributed by atoms with Crippen LogP contribution in [0, 0.1) is 12.8 Å². The lowest BCUT2D eigenvalue weighted by atomic mass is 10.0. The van der Waals surface area contributed by atoms with Crippen LogP contribution < -0.4 is 5.32 Å². The number of amides is 1. The molecule has 0 spiro atoms. The third-order valence-corrected chi connectivity index (χ3v) is 6.63. The highest BCUT2D eigenvalue weighted by Crippen LogP contribution is 2.23. The van der Waals surface area contributed by atoms with Crippen LogP contribution in [0.3, 0.4) is 0 Å². The summed E-state index contributed by atoms with van der Waals surface area (Å²) in [5.41, 5.74) is 1.39. The van der Waals surface area contributed by atoms with Crippen LogP contribution in [0.4, 0.5) is 0 Å². The van der Waals surface area contributed by atoms with Gasteiger partial charge in [0.25, 0.3) is 5.91 Å². The predicted octanol–water partition coefficient (Wildman–Crippen LogP) is 1.89. The number of hydrogen-bond acceptors (Lipinski definition) is 5. The first-order valence-corrected chi connectivity index (χ1v) is 10.3. The number of benzene rings is 1. The first kappa shape index (κ1) is 19.6. The second-order valence-electron chi connectivity index (χ2n) is 6.93. The van der Waals surface area contributed by atoms with Crippen LogP contribution in [0.2, 0.25) is 0 Å². The molecule has 8 heteroatoms. The van der Waals surface area contributed by atoms with Gasteiger partial charge in [-0.2, -0.15) is 0 Å². The van der Waals surface area contributed by atoms with E-state index < -0.39 is 10.0 Å². The van der Waals surface area contributed by atoms with Crippen LogP contribution in [-0.2, 0) is 14.8 Å². The summed E-state index contributed by atoms with van der Waals surface area (Å²) in [5.74, 6) is 0.998. The highest BCUT2D eigenvalue weighted by molar-refractivity contribution is 7.89. The Labute approximate surface area is 159 Å². The van der Waals surface area contributed by atoms with Gasteiger partial charge in [0.05, 0.1) is 25.0 Å². The van der Waals surface area contributed by atoms with Gasteiger partial charge in [-0.1, -0.05) is 12.1 Å². The molecule has 2 atom stereocenters. The number of ether oxygens (including phenoxy) is 1. The molecule has 1 amide bonds.